The van der Waals surface area contributed by atoms with Crippen LogP contribution in [0.4, 0.5) is 4.79 Å². The molecule has 6 nitrogen and oxygen atoms in total. The van der Waals surface area contributed by atoms with E-state index in [2.05, 4.69) is 15.9 Å². The predicted octanol–water partition coefficient (Wildman–Crippen LogP) is 1.58. The van der Waals surface area contributed by atoms with Gasteiger partial charge in [0.2, 0.25) is 0 Å². The van der Waals surface area contributed by atoms with Crippen LogP contribution >= 0.6 is 27.3 Å². The molecule has 0 bridgehead atoms. The monoisotopic (exact) mass is 362 g/mol. The number of carboxylic acid groups (broad SMARTS) is 1. The van der Waals surface area contributed by atoms with E-state index in [9.17, 15) is 14.7 Å². The molecule has 110 valence electrons. The van der Waals surface area contributed by atoms with Gasteiger partial charge in [0, 0.05) is 26.6 Å². The molecule has 1 saturated heterocycles. The summed E-state index contributed by atoms with van der Waals surface area (Å²) in [6.07, 6.45) is -0.692. The first-order chi connectivity index (χ1) is 9.38. The van der Waals surface area contributed by atoms with E-state index in [4.69, 9.17) is 5.11 Å². The first-order valence-corrected chi connectivity index (χ1v) is 7.71. The Balaban J connectivity index is 2.04. The fourth-order valence-corrected chi connectivity index (χ4v) is 3.45. The molecular weight excluding hydrogens is 348 g/mol. The Labute approximate surface area is 128 Å². The number of carbonyl (C=O) groups is 2. The van der Waals surface area contributed by atoms with E-state index in [1.54, 1.807) is 7.05 Å². The van der Waals surface area contributed by atoms with Crippen molar-refractivity contribution in [1.82, 2.24) is 9.80 Å². The van der Waals surface area contributed by atoms with Crippen LogP contribution in [0.3, 0.4) is 0 Å². The summed E-state index contributed by atoms with van der Waals surface area (Å²) in [5.74, 6) is -1.08. The van der Waals surface area contributed by atoms with Crippen LogP contribution in [0.1, 0.15) is 12.0 Å². The van der Waals surface area contributed by atoms with Gasteiger partial charge in [-0.25, -0.2) is 9.59 Å². The molecule has 1 fully saturated rings. The van der Waals surface area contributed by atoms with Gasteiger partial charge in [0.15, 0.2) is 0 Å². The summed E-state index contributed by atoms with van der Waals surface area (Å²) < 4.78 is 0.980. The number of aliphatic hydroxyl groups excluding tert-OH is 1. The van der Waals surface area contributed by atoms with Crippen molar-refractivity contribution in [2.24, 2.45) is 0 Å². The van der Waals surface area contributed by atoms with Crippen LogP contribution in [0.5, 0.6) is 0 Å². The van der Waals surface area contributed by atoms with Gasteiger partial charge in [0.05, 0.1) is 9.89 Å². The fourth-order valence-electron chi connectivity index (χ4n) is 2.25. The maximum absolute atomic E-state index is 12.3. The molecular formula is C12H15BrN2O4S. The molecule has 1 aliphatic heterocycles. The molecule has 0 unspecified atom stereocenters. The highest BCUT2D eigenvalue weighted by Gasteiger charge is 2.40. The van der Waals surface area contributed by atoms with E-state index in [0.29, 0.717) is 6.54 Å². The minimum atomic E-state index is -1.08. The van der Waals surface area contributed by atoms with E-state index in [1.807, 2.05) is 11.4 Å². The average molecular weight is 363 g/mol. The van der Waals surface area contributed by atoms with Crippen molar-refractivity contribution in [1.29, 1.82) is 0 Å². The number of amides is 2. The summed E-state index contributed by atoms with van der Waals surface area (Å²) in [6.45, 7) is 0.466. The van der Waals surface area contributed by atoms with Crippen LogP contribution in [0.25, 0.3) is 0 Å². The van der Waals surface area contributed by atoms with E-state index in [1.165, 1.54) is 21.1 Å². The molecule has 0 spiro atoms. The number of carboxylic acids is 1. The Bertz CT molecular complexity index is 521. The lowest BCUT2D eigenvalue weighted by atomic mass is 10.2. The molecule has 2 rings (SSSR count). The molecule has 0 aliphatic carbocycles. The van der Waals surface area contributed by atoms with Crippen molar-refractivity contribution in [3.8, 4) is 0 Å². The van der Waals surface area contributed by atoms with Crippen molar-refractivity contribution >= 4 is 39.3 Å². The second-order valence-electron chi connectivity index (χ2n) is 4.79. The Morgan fingerprint density at radius 1 is 1.60 bits per heavy atom. The van der Waals surface area contributed by atoms with E-state index in [-0.39, 0.29) is 19.0 Å². The number of likely N-dealkylation sites (tertiary alicyclic amines) is 1. The van der Waals surface area contributed by atoms with Gasteiger partial charge < -0.3 is 20.0 Å². The third-order valence-electron chi connectivity index (χ3n) is 3.18. The number of carbonyl (C=O) groups excluding carboxylic acids is 1. The number of aliphatic hydroxyl groups is 1. The van der Waals surface area contributed by atoms with Gasteiger partial charge in [0.25, 0.3) is 0 Å². The second-order valence-corrected chi connectivity index (χ2v) is 7.08. The SMILES string of the molecule is CN(Cc1csc(Br)c1)C(=O)N1C[C@@H](O)C[C@H]1C(=O)O. The van der Waals surface area contributed by atoms with Gasteiger partial charge in [-0.2, -0.15) is 0 Å². The molecule has 1 aliphatic rings. The van der Waals surface area contributed by atoms with Gasteiger partial charge in [-0.3, -0.25) is 0 Å². The van der Waals surface area contributed by atoms with Crippen molar-refractivity contribution in [2.75, 3.05) is 13.6 Å². The highest BCUT2D eigenvalue weighted by atomic mass is 79.9. The Morgan fingerprint density at radius 3 is 2.85 bits per heavy atom. The number of rotatable bonds is 3. The van der Waals surface area contributed by atoms with Gasteiger partial charge >= 0.3 is 12.0 Å². The zero-order chi connectivity index (χ0) is 14.9. The summed E-state index contributed by atoms with van der Waals surface area (Å²) in [5, 5.41) is 20.6. The third kappa shape index (κ3) is 3.31. The number of aliphatic carboxylic acids is 1. The average Bonchev–Trinajstić information content (AvgIpc) is 2.94. The first-order valence-electron chi connectivity index (χ1n) is 6.04. The number of thiophene rings is 1. The van der Waals surface area contributed by atoms with Crippen LogP contribution in [0.15, 0.2) is 15.2 Å². The standard InChI is InChI=1S/C12H15BrN2O4S/c1-14(4-7-2-10(13)20-6-7)12(19)15-5-8(16)3-9(15)11(17)18/h2,6,8-9,16H,3-5H2,1H3,(H,17,18)/t8-,9-/m0/s1. The molecule has 2 N–H and O–H groups in total. The summed E-state index contributed by atoms with van der Waals surface area (Å²) in [6, 6.07) is 0.590. The maximum Gasteiger partial charge on any atom is 0.326 e. The van der Waals surface area contributed by atoms with Crippen LogP contribution in [0.2, 0.25) is 0 Å². The number of β-amino-alcohol motifs (C(OH)–C–C–N with tert-alkyl or cyclic N) is 1. The van der Waals surface area contributed by atoms with Crippen LogP contribution in [0, 0.1) is 0 Å². The van der Waals surface area contributed by atoms with Crippen molar-refractivity contribution in [3.05, 3.63) is 20.8 Å². The number of hydrogen-bond donors (Lipinski definition) is 2. The topological polar surface area (TPSA) is 81.1 Å². The minimum absolute atomic E-state index is 0.0630. The molecule has 20 heavy (non-hydrogen) atoms. The molecule has 1 aromatic heterocycles. The van der Waals surface area contributed by atoms with Gasteiger partial charge in [-0.1, -0.05) is 0 Å². The normalized spacial score (nSPS) is 22.1. The van der Waals surface area contributed by atoms with Gasteiger partial charge in [-0.15, -0.1) is 11.3 Å². The third-order valence-corrected chi connectivity index (χ3v) is 4.73. The van der Waals surface area contributed by atoms with Crippen molar-refractivity contribution in [3.63, 3.8) is 0 Å². The molecule has 2 amide bonds. The summed E-state index contributed by atoms with van der Waals surface area (Å²) in [4.78, 5) is 26.1. The first kappa shape index (κ1) is 15.3. The number of nitrogens with zero attached hydrogens (tertiary/aromatic N) is 2. The van der Waals surface area contributed by atoms with Gasteiger partial charge in [-0.05, 0) is 32.9 Å². The second kappa shape index (κ2) is 6.11. The number of urea groups is 1. The van der Waals surface area contributed by atoms with Crippen LogP contribution in [-0.4, -0.2) is 57.8 Å². The predicted molar refractivity (Wildman–Crippen MR) is 77.6 cm³/mol. The maximum atomic E-state index is 12.3. The zero-order valence-electron chi connectivity index (χ0n) is 10.8. The Hall–Kier alpha value is -1.12. The number of halogens is 1. The van der Waals surface area contributed by atoms with Crippen LogP contribution < -0.4 is 0 Å². The Kier molecular flexibility index (Phi) is 4.66. The molecule has 2 heterocycles. The van der Waals surface area contributed by atoms with Gasteiger partial charge in [0.1, 0.15) is 6.04 Å². The molecule has 1 aromatic rings. The lowest BCUT2D eigenvalue weighted by molar-refractivity contribution is -0.141. The quantitative estimate of drug-likeness (QED) is 0.855. The lowest BCUT2D eigenvalue weighted by Crippen LogP contribution is -2.46. The van der Waals surface area contributed by atoms with E-state index in [0.717, 1.165) is 9.35 Å². The smallest absolute Gasteiger partial charge is 0.326 e. The highest BCUT2D eigenvalue weighted by Crippen LogP contribution is 2.23. The zero-order valence-corrected chi connectivity index (χ0v) is 13.2. The lowest BCUT2D eigenvalue weighted by Gasteiger charge is -2.27. The largest absolute Gasteiger partial charge is 0.480 e. The molecule has 8 heteroatoms. The highest BCUT2D eigenvalue weighted by molar-refractivity contribution is 9.11. The molecule has 2 atom stereocenters. The van der Waals surface area contributed by atoms with Crippen LogP contribution in [-0.2, 0) is 11.3 Å². The fraction of sp³-hybridized carbons (Fsp3) is 0.500. The van der Waals surface area contributed by atoms with Crippen molar-refractivity contribution in [2.45, 2.75) is 25.1 Å². The Morgan fingerprint density at radius 2 is 2.30 bits per heavy atom. The number of hydrogen-bond acceptors (Lipinski definition) is 4. The summed E-state index contributed by atoms with van der Waals surface area (Å²) in [5.41, 5.74) is 0.976. The van der Waals surface area contributed by atoms with E-state index >= 15 is 0 Å². The van der Waals surface area contributed by atoms with E-state index < -0.39 is 18.1 Å². The van der Waals surface area contributed by atoms with Crippen molar-refractivity contribution < 1.29 is 19.8 Å². The molecule has 0 saturated carbocycles. The molecule has 0 radical (unpaired) electrons. The molecule has 0 aromatic carbocycles. The minimum Gasteiger partial charge on any atom is -0.480 e. The summed E-state index contributed by atoms with van der Waals surface area (Å²) in [7, 11) is 1.62. The summed E-state index contributed by atoms with van der Waals surface area (Å²) >= 11 is 4.88.